The molecule has 3 aromatic heterocycles. The number of nitrogens with one attached hydrogen (secondary N) is 1. The molecular weight excluding hydrogens is 242 g/mol. The van der Waals surface area contributed by atoms with Gasteiger partial charge in [-0.15, -0.1) is 0 Å². The lowest BCUT2D eigenvalue weighted by Gasteiger charge is -2.03. The normalized spacial score (nSPS) is 10.8. The number of pyridine rings is 2. The number of carboxylic acid groups (broad SMARTS) is 1. The Morgan fingerprint density at radius 3 is 2.84 bits per heavy atom. The molecule has 0 saturated heterocycles. The van der Waals surface area contributed by atoms with E-state index >= 15 is 0 Å². The maximum atomic E-state index is 11.0. The molecule has 2 N–H and O–H groups in total. The molecule has 0 fully saturated rings. The lowest BCUT2D eigenvalue weighted by atomic mass is 10.1. The standard InChI is InChI=1S/C14H11N3O2/c1-8-6-9(11-4-2-3-5-15-11)10-7-12(14(18)19)17-13(10)16-8/h2-7H,1H3,(H,16,17)(H,18,19). The minimum absolute atomic E-state index is 0.130. The van der Waals surface area contributed by atoms with Crippen molar-refractivity contribution in [2.75, 3.05) is 0 Å². The molecule has 5 nitrogen and oxygen atoms in total. The van der Waals surface area contributed by atoms with Crippen LogP contribution in [-0.4, -0.2) is 26.0 Å². The maximum absolute atomic E-state index is 11.0. The van der Waals surface area contributed by atoms with Crippen molar-refractivity contribution in [3.63, 3.8) is 0 Å². The van der Waals surface area contributed by atoms with Crippen LogP contribution in [0.1, 0.15) is 16.2 Å². The van der Waals surface area contributed by atoms with Gasteiger partial charge in [-0.3, -0.25) is 4.98 Å². The third-order valence-corrected chi connectivity index (χ3v) is 2.90. The molecule has 19 heavy (non-hydrogen) atoms. The van der Waals surface area contributed by atoms with Crippen LogP contribution in [0.3, 0.4) is 0 Å². The maximum Gasteiger partial charge on any atom is 0.352 e. The Bertz CT molecular complexity index is 763. The summed E-state index contributed by atoms with van der Waals surface area (Å²) in [5.74, 6) is -0.998. The number of carbonyl (C=O) groups is 1. The van der Waals surface area contributed by atoms with Crippen molar-refractivity contribution in [1.29, 1.82) is 0 Å². The summed E-state index contributed by atoms with van der Waals surface area (Å²) in [6, 6.07) is 9.13. The second-order valence-electron chi connectivity index (χ2n) is 4.28. The number of aryl methyl sites for hydroxylation is 1. The Kier molecular flexibility index (Phi) is 2.52. The molecule has 0 aliphatic rings. The minimum atomic E-state index is -0.998. The molecule has 94 valence electrons. The van der Waals surface area contributed by atoms with Crippen LogP contribution in [0.5, 0.6) is 0 Å². The summed E-state index contributed by atoms with van der Waals surface area (Å²) in [7, 11) is 0. The molecule has 0 saturated carbocycles. The molecular formula is C14H11N3O2. The molecule has 5 heteroatoms. The molecule has 3 heterocycles. The van der Waals surface area contributed by atoms with E-state index in [-0.39, 0.29) is 5.69 Å². The zero-order valence-corrected chi connectivity index (χ0v) is 10.2. The van der Waals surface area contributed by atoms with E-state index in [1.165, 1.54) is 0 Å². The molecule has 0 atom stereocenters. The molecule has 3 rings (SSSR count). The van der Waals surface area contributed by atoms with Gasteiger partial charge in [0.25, 0.3) is 0 Å². The van der Waals surface area contributed by atoms with E-state index in [0.29, 0.717) is 5.65 Å². The fourth-order valence-corrected chi connectivity index (χ4v) is 2.08. The number of rotatable bonds is 2. The molecule has 0 radical (unpaired) electrons. The van der Waals surface area contributed by atoms with Gasteiger partial charge in [0.05, 0.1) is 5.69 Å². The highest BCUT2D eigenvalue weighted by atomic mass is 16.4. The first-order valence-corrected chi connectivity index (χ1v) is 5.80. The number of H-pyrrole nitrogens is 1. The van der Waals surface area contributed by atoms with Crippen LogP contribution < -0.4 is 0 Å². The third kappa shape index (κ3) is 1.95. The highest BCUT2D eigenvalue weighted by molar-refractivity contribution is 5.98. The lowest BCUT2D eigenvalue weighted by molar-refractivity contribution is 0.0691. The van der Waals surface area contributed by atoms with Crippen molar-refractivity contribution < 1.29 is 9.90 Å². The van der Waals surface area contributed by atoms with Crippen molar-refractivity contribution >= 4 is 17.0 Å². The van der Waals surface area contributed by atoms with Crippen molar-refractivity contribution in [1.82, 2.24) is 15.0 Å². The van der Waals surface area contributed by atoms with Crippen molar-refractivity contribution in [2.24, 2.45) is 0 Å². The monoisotopic (exact) mass is 253 g/mol. The highest BCUT2D eigenvalue weighted by Gasteiger charge is 2.13. The average Bonchev–Trinajstić information content (AvgIpc) is 2.82. The van der Waals surface area contributed by atoms with E-state index < -0.39 is 5.97 Å². The van der Waals surface area contributed by atoms with E-state index in [2.05, 4.69) is 15.0 Å². The average molecular weight is 253 g/mol. The quantitative estimate of drug-likeness (QED) is 0.735. The van der Waals surface area contributed by atoms with Gasteiger partial charge in [0.2, 0.25) is 0 Å². The summed E-state index contributed by atoms with van der Waals surface area (Å²) in [4.78, 5) is 22.5. The zero-order chi connectivity index (χ0) is 13.4. The number of aromatic amines is 1. The van der Waals surface area contributed by atoms with Crippen molar-refractivity contribution in [2.45, 2.75) is 6.92 Å². The summed E-state index contributed by atoms with van der Waals surface area (Å²) in [6.07, 6.45) is 1.71. The van der Waals surface area contributed by atoms with E-state index in [0.717, 1.165) is 22.3 Å². The van der Waals surface area contributed by atoms with Crippen LogP contribution in [0.25, 0.3) is 22.3 Å². The van der Waals surface area contributed by atoms with Gasteiger partial charge in [-0.05, 0) is 31.2 Å². The van der Waals surface area contributed by atoms with Crippen LogP contribution >= 0.6 is 0 Å². The molecule has 0 aliphatic carbocycles. The van der Waals surface area contributed by atoms with Gasteiger partial charge < -0.3 is 10.1 Å². The van der Waals surface area contributed by atoms with Gasteiger partial charge >= 0.3 is 5.97 Å². The second kappa shape index (κ2) is 4.20. The van der Waals surface area contributed by atoms with Gasteiger partial charge in [-0.1, -0.05) is 6.07 Å². The summed E-state index contributed by atoms with van der Waals surface area (Å²) in [6.45, 7) is 1.87. The minimum Gasteiger partial charge on any atom is -0.477 e. The first-order valence-electron chi connectivity index (χ1n) is 5.80. The predicted octanol–water partition coefficient (Wildman–Crippen LogP) is 2.63. The summed E-state index contributed by atoms with van der Waals surface area (Å²) in [5.41, 5.74) is 3.19. The molecule has 0 spiro atoms. The third-order valence-electron chi connectivity index (χ3n) is 2.90. The van der Waals surface area contributed by atoms with Gasteiger partial charge in [0, 0.05) is 22.8 Å². The van der Waals surface area contributed by atoms with Crippen molar-refractivity contribution in [3.05, 3.63) is 47.9 Å². The summed E-state index contributed by atoms with van der Waals surface area (Å²) in [5, 5.41) is 9.81. The van der Waals surface area contributed by atoms with Gasteiger partial charge in [0.15, 0.2) is 0 Å². The van der Waals surface area contributed by atoms with Crippen LogP contribution in [0.15, 0.2) is 36.5 Å². The summed E-state index contributed by atoms with van der Waals surface area (Å²) < 4.78 is 0. The van der Waals surface area contributed by atoms with Crippen molar-refractivity contribution in [3.8, 4) is 11.3 Å². The van der Waals surface area contributed by atoms with E-state index in [9.17, 15) is 4.79 Å². The molecule has 0 bridgehead atoms. The molecule has 0 unspecified atom stereocenters. The SMILES string of the molecule is Cc1cc(-c2ccccn2)c2cc(C(=O)O)[nH]c2n1. The Morgan fingerprint density at radius 1 is 1.32 bits per heavy atom. The Morgan fingerprint density at radius 2 is 2.16 bits per heavy atom. The van der Waals surface area contributed by atoms with Gasteiger partial charge in [0.1, 0.15) is 11.3 Å². The van der Waals surface area contributed by atoms with Crippen LogP contribution in [0.4, 0.5) is 0 Å². The van der Waals surface area contributed by atoms with Gasteiger partial charge in [-0.25, -0.2) is 9.78 Å². The number of hydrogen-bond donors (Lipinski definition) is 2. The number of nitrogens with zero attached hydrogens (tertiary/aromatic N) is 2. The first kappa shape index (κ1) is 11.4. The lowest BCUT2D eigenvalue weighted by Crippen LogP contribution is -1.95. The Balaban J connectivity index is 2.32. The number of hydrogen-bond acceptors (Lipinski definition) is 3. The Hall–Kier alpha value is -2.69. The van der Waals surface area contributed by atoms with Gasteiger partial charge in [-0.2, -0.15) is 0 Å². The number of fused-ring (bicyclic) bond motifs is 1. The second-order valence-corrected chi connectivity index (χ2v) is 4.28. The fraction of sp³-hybridized carbons (Fsp3) is 0.0714. The smallest absolute Gasteiger partial charge is 0.352 e. The number of aromatic carboxylic acids is 1. The Labute approximate surface area is 109 Å². The fourth-order valence-electron chi connectivity index (χ4n) is 2.08. The highest BCUT2D eigenvalue weighted by Crippen LogP contribution is 2.27. The number of carboxylic acids is 1. The first-order chi connectivity index (χ1) is 9.15. The zero-order valence-electron chi connectivity index (χ0n) is 10.2. The van der Waals surface area contributed by atoms with Crippen LogP contribution in [0.2, 0.25) is 0 Å². The molecule has 0 aliphatic heterocycles. The largest absolute Gasteiger partial charge is 0.477 e. The topological polar surface area (TPSA) is 78.9 Å². The number of aromatic nitrogens is 3. The molecule has 0 amide bonds. The van der Waals surface area contributed by atoms with E-state index in [1.54, 1.807) is 12.3 Å². The summed E-state index contributed by atoms with van der Waals surface area (Å²) >= 11 is 0. The molecule has 3 aromatic rings. The van der Waals surface area contributed by atoms with E-state index in [4.69, 9.17) is 5.11 Å². The van der Waals surface area contributed by atoms with Crippen LogP contribution in [-0.2, 0) is 0 Å². The van der Waals surface area contributed by atoms with Crippen LogP contribution in [0, 0.1) is 6.92 Å². The predicted molar refractivity (Wildman–Crippen MR) is 71.0 cm³/mol. The molecule has 0 aromatic carbocycles. The van der Waals surface area contributed by atoms with E-state index in [1.807, 2.05) is 31.2 Å².